The number of allylic oxidation sites excluding steroid dienone is 2. The molecular formula is C36H30O10. The number of fused-ring (bicyclic) bond motifs is 1. The fourth-order valence-electron chi connectivity index (χ4n) is 6.48. The van der Waals surface area contributed by atoms with E-state index in [4.69, 9.17) is 4.42 Å². The van der Waals surface area contributed by atoms with E-state index >= 15 is 0 Å². The van der Waals surface area contributed by atoms with Crippen LogP contribution in [0, 0.1) is 12.8 Å². The molecule has 5 aromatic rings. The predicted octanol–water partition coefficient (Wildman–Crippen LogP) is 6.42. The molecule has 1 aliphatic carbocycles. The highest BCUT2D eigenvalue weighted by Crippen LogP contribution is 2.50. The van der Waals surface area contributed by atoms with Crippen LogP contribution in [0.25, 0.3) is 22.3 Å². The highest BCUT2D eigenvalue weighted by molar-refractivity contribution is 6.02. The molecule has 10 heteroatoms. The van der Waals surface area contributed by atoms with Crippen LogP contribution in [0.4, 0.5) is 0 Å². The van der Waals surface area contributed by atoms with Crippen molar-refractivity contribution in [2.45, 2.75) is 32.1 Å². The number of carbonyl (C=O) groups excluding carboxylic acids is 1. The maximum atomic E-state index is 14.3. The monoisotopic (exact) mass is 622 g/mol. The maximum Gasteiger partial charge on any atom is 0.235 e. The van der Waals surface area contributed by atoms with Crippen LogP contribution in [0.2, 0.25) is 0 Å². The number of aromatic hydroxyl groups is 7. The van der Waals surface area contributed by atoms with Gasteiger partial charge in [0.1, 0.15) is 28.6 Å². The fraction of sp³-hybridized carbons (Fsp3) is 0.167. The molecule has 7 N–H and O–H groups in total. The zero-order valence-electron chi connectivity index (χ0n) is 24.7. The molecule has 46 heavy (non-hydrogen) atoms. The molecule has 1 aromatic heterocycles. The Kier molecular flexibility index (Phi) is 7.36. The Hall–Kier alpha value is -5.90. The molecule has 3 atom stereocenters. The first-order valence-corrected chi connectivity index (χ1v) is 14.4. The average molecular weight is 623 g/mol. The van der Waals surface area contributed by atoms with E-state index in [1.807, 2.05) is 13.0 Å². The van der Waals surface area contributed by atoms with Gasteiger partial charge in [-0.3, -0.25) is 9.59 Å². The van der Waals surface area contributed by atoms with Crippen LogP contribution in [-0.2, 0) is 0 Å². The Morgan fingerprint density at radius 3 is 2.22 bits per heavy atom. The smallest absolute Gasteiger partial charge is 0.235 e. The molecule has 0 spiro atoms. The number of ketones is 1. The summed E-state index contributed by atoms with van der Waals surface area (Å²) >= 11 is 0. The Balaban J connectivity index is 1.55. The summed E-state index contributed by atoms with van der Waals surface area (Å²) in [6, 6.07) is 14.8. The minimum atomic E-state index is -0.985. The summed E-state index contributed by atoms with van der Waals surface area (Å²) in [5, 5.41) is 73.2. The van der Waals surface area contributed by atoms with E-state index in [2.05, 4.69) is 0 Å². The summed E-state index contributed by atoms with van der Waals surface area (Å²) in [6.45, 7) is 3.45. The number of carbonyl (C=O) groups is 1. The first-order valence-electron chi connectivity index (χ1n) is 14.4. The topological polar surface area (TPSA) is 189 Å². The third-order valence-electron chi connectivity index (χ3n) is 8.61. The van der Waals surface area contributed by atoms with Crippen molar-refractivity contribution in [3.8, 4) is 51.6 Å². The molecule has 0 fully saturated rings. The lowest BCUT2D eigenvalue weighted by Gasteiger charge is -2.37. The second kappa shape index (κ2) is 11.2. The van der Waals surface area contributed by atoms with E-state index in [-0.39, 0.29) is 62.2 Å². The lowest BCUT2D eigenvalue weighted by Crippen LogP contribution is -2.31. The first kappa shape index (κ1) is 30.1. The molecule has 0 radical (unpaired) electrons. The molecule has 4 aromatic carbocycles. The predicted molar refractivity (Wildman–Crippen MR) is 169 cm³/mol. The zero-order valence-corrected chi connectivity index (χ0v) is 24.7. The molecule has 0 amide bonds. The third-order valence-corrected chi connectivity index (χ3v) is 8.61. The number of hydrogen-bond donors (Lipinski definition) is 7. The summed E-state index contributed by atoms with van der Waals surface area (Å²) in [4.78, 5) is 27.5. The molecule has 6 rings (SSSR count). The van der Waals surface area contributed by atoms with E-state index in [0.29, 0.717) is 17.5 Å². The molecule has 234 valence electrons. The Morgan fingerprint density at radius 1 is 0.761 bits per heavy atom. The van der Waals surface area contributed by atoms with Gasteiger partial charge in [0.2, 0.25) is 11.2 Å². The van der Waals surface area contributed by atoms with Gasteiger partial charge in [-0.25, -0.2) is 0 Å². The molecular weight excluding hydrogens is 592 g/mol. The molecule has 0 saturated carbocycles. The van der Waals surface area contributed by atoms with Gasteiger partial charge in [-0.1, -0.05) is 17.7 Å². The van der Waals surface area contributed by atoms with Gasteiger partial charge in [-0.05, 0) is 85.8 Å². The Bertz CT molecular complexity index is 2140. The fourth-order valence-corrected chi connectivity index (χ4v) is 6.48. The van der Waals surface area contributed by atoms with Crippen molar-refractivity contribution in [1.29, 1.82) is 0 Å². The maximum absolute atomic E-state index is 14.3. The van der Waals surface area contributed by atoms with Crippen molar-refractivity contribution in [3.63, 3.8) is 0 Å². The Morgan fingerprint density at radius 2 is 1.50 bits per heavy atom. The van der Waals surface area contributed by atoms with Crippen LogP contribution >= 0.6 is 0 Å². The molecule has 0 bridgehead atoms. The number of benzene rings is 4. The number of phenolic OH excluding ortho intramolecular Hbond substituents is 6. The minimum absolute atomic E-state index is 0.0430. The van der Waals surface area contributed by atoms with Gasteiger partial charge in [0.15, 0.2) is 23.0 Å². The van der Waals surface area contributed by atoms with E-state index in [9.17, 15) is 45.3 Å². The SMILES string of the molecule is CC1=CC(c2cc(-c3oc4cc(O)cc(C)c4c(=O)c3O)ccc2O)C(C(=O)c2ccc(O)cc2O)C(c2ccc(O)c(O)c2)C1. The first-order chi connectivity index (χ1) is 21.8. The van der Waals surface area contributed by atoms with Gasteiger partial charge in [0, 0.05) is 35.1 Å². The van der Waals surface area contributed by atoms with Gasteiger partial charge >= 0.3 is 0 Å². The number of phenols is 6. The number of Topliss-reactive ketones (excluding diaryl/α,β-unsaturated/α-hetero) is 1. The summed E-state index contributed by atoms with van der Waals surface area (Å²) in [6.07, 6.45) is 2.17. The minimum Gasteiger partial charge on any atom is -0.508 e. The third kappa shape index (κ3) is 5.13. The highest BCUT2D eigenvalue weighted by Gasteiger charge is 2.41. The number of hydrogen-bond acceptors (Lipinski definition) is 10. The lowest BCUT2D eigenvalue weighted by molar-refractivity contribution is 0.0877. The van der Waals surface area contributed by atoms with Crippen molar-refractivity contribution < 1.29 is 45.0 Å². The van der Waals surface area contributed by atoms with Crippen molar-refractivity contribution >= 4 is 16.8 Å². The molecule has 0 saturated heterocycles. The number of aryl methyl sites for hydroxylation is 1. The molecule has 10 nitrogen and oxygen atoms in total. The van der Waals surface area contributed by atoms with Crippen LogP contribution in [0.3, 0.4) is 0 Å². The van der Waals surface area contributed by atoms with Crippen molar-refractivity contribution in [2.24, 2.45) is 5.92 Å². The largest absolute Gasteiger partial charge is 0.508 e. The van der Waals surface area contributed by atoms with Gasteiger partial charge in [0.05, 0.1) is 10.9 Å². The summed E-state index contributed by atoms with van der Waals surface area (Å²) in [7, 11) is 0. The molecule has 1 aliphatic rings. The average Bonchev–Trinajstić information content (AvgIpc) is 2.99. The Labute approximate surface area is 262 Å². The van der Waals surface area contributed by atoms with Crippen LogP contribution < -0.4 is 5.43 Å². The lowest BCUT2D eigenvalue weighted by atomic mass is 9.65. The van der Waals surface area contributed by atoms with E-state index in [1.165, 1.54) is 54.6 Å². The van der Waals surface area contributed by atoms with E-state index < -0.39 is 40.5 Å². The van der Waals surface area contributed by atoms with Gasteiger partial charge in [0.25, 0.3) is 0 Å². The molecule has 0 aliphatic heterocycles. The second-order valence-electron chi connectivity index (χ2n) is 11.7. The summed E-state index contributed by atoms with van der Waals surface area (Å²) in [5.41, 5.74) is 1.49. The van der Waals surface area contributed by atoms with Crippen molar-refractivity contribution in [3.05, 3.63) is 111 Å². The van der Waals surface area contributed by atoms with E-state index in [1.54, 1.807) is 13.0 Å². The number of rotatable bonds is 5. The van der Waals surface area contributed by atoms with E-state index in [0.717, 1.165) is 11.6 Å². The highest BCUT2D eigenvalue weighted by atomic mass is 16.4. The van der Waals surface area contributed by atoms with Crippen LogP contribution in [0.5, 0.6) is 40.2 Å². The summed E-state index contributed by atoms with van der Waals surface area (Å²) in [5.74, 6) is -5.57. The second-order valence-corrected chi connectivity index (χ2v) is 11.7. The van der Waals surface area contributed by atoms with Crippen LogP contribution in [-0.4, -0.2) is 41.5 Å². The van der Waals surface area contributed by atoms with Gasteiger partial charge in [-0.15, -0.1) is 0 Å². The van der Waals surface area contributed by atoms with Gasteiger partial charge in [-0.2, -0.15) is 0 Å². The quantitative estimate of drug-likeness (QED) is 0.0654. The van der Waals surface area contributed by atoms with Crippen molar-refractivity contribution in [2.75, 3.05) is 0 Å². The normalized spacial score (nSPS) is 18.0. The van der Waals surface area contributed by atoms with Gasteiger partial charge < -0.3 is 40.2 Å². The molecule has 1 heterocycles. The standard InChI is InChI=1S/C36H30O10/c1-16-9-23(18-3-8-27(40)29(42)13-18)32(33(43)22-6-5-20(37)14-28(22)41)25(10-16)24-12-19(4-7-26(24)39)36-35(45)34(44)31-17(2)11-21(38)15-30(31)46-36/h3-8,10-15,23,25,32,37-42,45H,9H2,1-2H3. The zero-order chi connectivity index (χ0) is 33.0. The summed E-state index contributed by atoms with van der Waals surface area (Å²) < 4.78 is 5.93. The van der Waals surface area contributed by atoms with Crippen LogP contribution in [0.15, 0.2) is 87.6 Å². The van der Waals surface area contributed by atoms with Crippen LogP contribution in [0.1, 0.15) is 52.2 Å². The molecule has 3 unspecified atom stereocenters. The van der Waals surface area contributed by atoms with Crippen molar-refractivity contribution in [1.82, 2.24) is 0 Å².